The number of nitrogens with one attached hydrogen (secondary N) is 1. The Morgan fingerprint density at radius 3 is 2.40 bits per heavy atom. The van der Waals surface area contributed by atoms with Crippen molar-refractivity contribution >= 4 is 28.5 Å². The summed E-state index contributed by atoms with van der Waals surface area (Å²) in [7, 11) is 0. The summed E-state index contributed by atoms with van der Waals surface area (Å²) in [4.78, 5) is 11.1. The van der Waals surface area contributed by atoms with Crippen LogP contribution in [0.4, 0.5) is 0 Å². The maximum Gasteiger partial charge on any atom is 0.233 e. The summed E-state index contributed by atoms with van der Waals surface area (Å²) in [5.74, 6) is 0.151. The van der Waals surface area contributed by atoms with Crippen molar-refractivity contribution in [2.75, 3.05) is 0 Å². The highest BCUT2D eigenvalue weighted by molar-refractivity contribution is 14.1. The van der Waals surface area contributed by atoms with Crippen LogP contribution in [0.2, 0.25) is 0 Å². The predicted octanol–water partition coefficient (Wildman–Crippen LogP) is 1.72. The van der Waals surface area contributed by atoms with Gasteiger partial charge in [0, 0.05) is 6.04 Å². The highest BCUT2D eigenvalue weighted by Gasteiger charge is 2.11. The molecule has 0 spiro atoms. The molecule has 0 saturated carbocycles. The van der Waals surface area contributed by atoms with Gasteiger partial charge in [-0.25, -0.2) is 0 Å². The van der Waals surface area contributed by atoms with E-state index in [1.54, 1.807) is 0 Å². The number of alkyl halides is 1. The van der Waals surface area contributed by atoms with E-state index in [2.05, 4.69) is 27.9 Å². The van der Waals surface area contributed by atoms with Gasteiger partial charge < -0.3 is 5.32 Å². The van der Waals surface area contributed by atoms with Crippen LogP contribution in [-0.4, -0.2) is 15.9 Å². The Morgan fingerprint density at radius 1 is 1.60 bits per heavy atom. The van der Waals surface area contributed by atoms with Gasteiger partial charge in [0.05, 0.1) is 3.92 Å². The van der Waals surface area contributed by atoms with Crippen LogP contribution in [0.1, 0.15) is 27.2 Å². The first-order valence-corrected chi connectivity index (χ1v) is 4.77. The van der Waals surface area contributed by atoms with E-state index in [9.17, 15) is 4.79 Å². The molecule has 10 heavy (non-hydrogen) atoms. The number of carbonyl (C=O) groups is 1. The zero-order chi connectivity index (χ0) is 8.15. The van der Waals surface area contributed by atoms with Gasteiger partial charge in [0.2, 0.25) is 5.91 Å². The number of hydrogen-bond acceptors (Lipinski definition) is 1. The van der Waals surface area contributed by atoms with Crippen LogP contribution >= 0.6 is 22.6 Å². The van der Waals surface area contributed by atoms with Crippen LogP contribution < -0.4 is 5.32 Å². The predicted molar refractivity (Wildman–Crippen MR) is 51.4 cm³/mol. The molecule has 0 bridgehead atoms. The largest absolute Gasteiger partial charge is 0.353 e. The number of rotatable bonds is 3. The zero-order valence-corrected chi connectivity index (χ0v) is 8.81. The van der Waals surface area contributed by atoms with Gasteiger partial charge in [0.25, 0.3) is 0 Å². The Morgan fingerprint density at radius 2 is 2.10 bits per heavy atom. The van der Waals surface area contributed by atoms with Gasteiger partial charge in [-0.15, -0.1) is 0 Å². The first-order valence-electron chi connectivity index (χ1n) is 3.52. The van der Waals surface area contributed by atoms with Crippen molar-refractivity contribution in [1.29, 1.82) is 0 Å². The zero-order valence-electron chi connectivity index (χ0n) is 6.65. The maximum absolute atomic E-state index is 11.1. The standard InChI is InChI=1S/C7H14INO/c1-4-6(8)7(10)9-5(2)3/h5-6H,4H2,1-3H3,(H,9,10). The lowest BCUT2D eigenvalue weighted by atomic mass is 10.3. The first kappa shape index (κ1) is 10.2. The summed E-state index contributed by atoms with van der Waals surface area (Å²) in [5.41, 5.74) is 0. The molecule has 0 aromatic rings. The lowest BCUT2D eigenvalue weighted by Crippen LogP contribution is -2.35. The van der Waals surface area contributed by atoms with Crippen molar-refractivity contribution in [3.8, 4) is 0 Å². The summed E-state index contributed by atoms with van der Waals surface area (Å²) in [6, 6.07) is 0.260. The van der Waals surface area contributed by atoms with E-state index in [-0.39, 0.29) is 15.9 Å². The lowest BCUT2D eigenvalue weighted by Gasteiger charge is -2.10. The van der Waals surface area contributed by atoms with Gasteiger partial charge in [-0.2, -0.15) is 0 Å². The summed E-state index contributed by atoms with van der Waals surface area (Å²) >= 11 is 2.15. The van der Waals surface area contributed by atoms with Crippen LogP contribution in [-0.2, 0) is 4.79 Å². The van der Waals surface area contributed by atoms with Crippen molar-refractivity contribution in [2.24, 2.45) is 0 Å². The Bertz CT molecular complexity index is 114. The minimum atomic E-state index is 0.125. The molecule has 3 heteroatoms. The fourth-order valence-corrected chi connectivity index (χ4v) is 0.740. The molecule has 60 valence electrons. The molecule has 0 aromatic heterocycles. The summed E-state index contributed by atoms with van der Waals surface area (Å²) < 4.78 is 0.125. The Hall–Kier alpha value is 0.200. The fraction of sp³-hybridized carbons (Fsp3) is 0.857. The molecule has 0 aromatic carbocycles. The van der Waals surface area contributed by atoms with Crippen molar-refractivity contribution in [3.05, 3.63) is 0 Å². The van der Waals surface area contributed by atoms with Crippen molar-refractivity contribution in [1.82, 2.24) is 5.32 Å². The molecule has 0 rings (SSSR count). The smallest absolute Gasteiger partial charge is 0.233 e. The molecule has 0 fully saturated rings. The van der Waals surface area contributed by atoms with Gasteiger partial charge in [-0.3, -0.25) is 4.79 Å². The van der Waals surface area contributed by atoms with Gasteiger partial charge in [0.1, 0.15) is 0 Å². The lowest BCUT2D eigenvalue weighted by molar-refractivity contribution is -0.120. The van der Waals surface area contributed by atoms with Crippen LogP contribution in [0.25, 0.3) is 0 Å². The van der Waals surface area contributed by atoms with E-state index in [0.717, 1.165) is 6.42 Å². The quantitative estimate of drug-likeness (QED) is 0.603. The molecule has 1 unspecified atom stereocenters. The number of hydrogen-bond donors (Lipinski definition) is 1. The number of amides is 1. The third kappa shape index (κ3) is 4.09. The molecule has 0 aliphatic heterocycles. The topological polar surface area (TPSA) is 29.1 Å². The van der Waals surface area contributed by atoms with Gasteiger partial charge >= 0.3 is 0 Å². The SMILES string of the molecule is CCC(I)C(=O)NC(C)C. The van der Waals surface area contributed by atoms with E-state index >= 15 is 0 Å². The van der Waals surface area contributed by atoms with Crippen LogP contribution in [0, 0.1) is 0 Å². The molecular formula is C7H14INO. The van der Waals surface area contributed by atoms with E-state index in [4.69, 9.17) is 0 Å². The summed E-state index contributed by atoms with van der Waals surface area (Å²) in [6.07, 6.45) is 0.902. The second-order valence-electron chi connectivity index (χ2n) is 2.54. The van der Waals surface area contributed by atoms with Crippen molar-refractivity contribution in [2.45, 2.75) is 37.2 Å². The summed E-state index contributed by atoms with van der Waals surface area (Å²) in [5, 5.41) is 2.85. The Labute approximate surface area is 75.9 Å². The minimum Gasteiger partial charge on any atom is -0.353 e. The van der Waals surface area contributed by atoms with Gasteiger partial charge in [-0.1, -0.05) is 29.5 Å². The third-order valence-corrected chi connectivity index (χ3v) is 2.52. The maximum atomic E-state index is 11.1. The van der Waals surface area contributed by atoms with Crippen molar-refractivity contribution < 1.29 is 4.79 Å². The molecule has 2 nitrogen and oxygen atoms in total. The van der Waals surface area contributed by atoms with Crippen molar-refractivity contribution in [3.63, 3.8) is 0 Å². The normalized spacial score (nSPS) is 13.3. The van der Waals surface area contributed by atoms with Crippen LogP contribution in [0.15, 0.2) is 0 Å². The molecule has 0 aliphatic rings. The monoisotopic (exact) mass is 255 g/mol. The molecule has 0 radical (unpaired) electrons. The average Bonchev–Trinajstić information content (AvgIpc) is 1.85. The molecule has 1 atom stereocenters. The minimum absolute atomic E-state index is 0.125. The van der Waals surface area contributed by atoms with Crippen LogP contribution in [0.3, 0.4) is 0 Å². The number of carbonyl (C=O) groups excluding carboxylic acids is 1. The fourth-order valence-electron chi connectivity index (χ4n) is 0.560. The second-order valence-corrected chi connectivity index (χ2v) is 4.04. The third-order valence-electron chi connectivity index (χ3n) is 1.07. The molecule has 1 amide bonds. The Kier molecular flexibility index (Phi) is 5.03. The van der Waals surface area contributed by atoms with E-state index in [1.807, 2.05) is 20.8 Å². The molecule has 0 aliphatic carbocycles. The highest BCUT2D eigenvalue weighted by Crippen LogP contribution is 2.04. The van der Waals surface area contributed by atoms with Gasteiger partial charge in [-0.05, 0) is 20.3 Å². The highest BCUT2D eigenvalue weighted by atomic mass is 127. The van der Waals surface area contributed by atoms with Crippen LogP contribution in [0.5, 0.6) is 0 Å². The first-order chi connectivity index (χ1) is 4.57. The molecular weight excluding hydrogens is 241 g/mol. The Balaban J connectivity index is 3.62. The van der Waals surface area contributed by atoms with Gasteiger partial charge in [0.15, 0.2) is 0 Å². The van der Waals surface area contributed by atoms with E-state index < -0.39 is 0 Å². The number of halogens is 1. The molecule has 1 N–H and O–H groups in total. The van der Waals surface area contributed by atoms with E-state index in [0.29, 0.717) is 0 Å². The molecule has 0 saturated heterocycles. The average molecular weight is 255 g/mol. The van der Waals surface area contributed by atoms with E-state index in [1.165, 1.54) is 0 Å². The molecule has 0 heterocycles. The second kappa shape index (κ2) is 4.93. The summed E-state index contributed by atoms with van der Waals surface area (Å²) in [6.45, 7) is 5.95.